The first-order valence-electron chi connectivity index (χ1n) is 7.89. The van der Waals surface area contributed by atoms with Crippen LogP contribution in [0.25, 0.3) is 0 Å². The molecule has 0 aliphatic heterocycles. The molecule has 1 aromatic carbocycles. The monoisotopic (exact) mass is 332 g/mol. The maximum atomic E-state index is 9.19. The van der Waals surface area contributed by atoms with Crippen LogP contribution >= 0.6 is 11.6 Å². The van der Waals surface area contributed by atoms with Crippen molar-refractivity contribution < 1.29 is 5.11 Å². The van der Waals surface area contributed by atoms with Gasteiger partial charge in [-0.3, -0.25) is 0 Å². The third-order valence-corrected chi connectivity index (χ3v) is 4.18. The molecule has 1 atom stereocenters. The quantitative estimate of drug-likeness (QED) is 0.725. The van der Waals surface area contributed by atoms with Crippen LogP contribution < -0.4 is 10.6 Å². The highest BCUT2D eigenvalue weighted by atomic mass is 35.5. The fraction of sp³-hybridized carbons (Fsp3) is 0.412. The molecule has 0 unspecified atom stereocenters. The van der Waals surface area contributed by atoms with Crippen molar-refractivity contribution >= 4 is 23.4 Å². The molecule has 6 heteroatoms. The lowest BCUT2D eigenvalue weighted by Gasteiger charge is -2.14. The standard InChI is InChI=1S/C17H21ClN4O/c1-11(10-23)20-17-21-15(12-6-7-12)8-16(22-17)19-9-13-4-2-3-5-14(13)18/h2-5,8,11-12,23H,6-7,9-10H2,1H3,(H2,19,20,21,22)/t11-/m0/s1. The summed E-state index contributed by atoms with van der Waals surface area (Å²) in [5, 5.41) is 16.4. The van der Waals surface area contributed by atoms with E-state index in [1.165, 1.54) is 12.8 Å². The van der Waals surface area contributed by atoms with E-state index in [1.807, 2.05) is 37.3 Å². The second-order valence-corrected chi connectivity index (χ2v) is 6.36. The fourth-order valence-electron chi connectivity index (χ4n) is 2.30. The molecule has 2 aromatic rings. The molecule has 1 aromatic heterocycles. The van der Waals surface area contributed by atoms with Gasteiger partial charge in [0.2, 0.25) is 5.95 Å². The second kappa shape index (κ2) is 7.15. The third-order valence-electron chi connectivity index (χ3n) is 3.81. The number of benzene rings is 1. The minimum atomic E-state index is -0.0825. The van der Waals surface area contributed by atoms with Crippen LogP contribution in [-0.2, 0) is 6.54 Å². The number of nitrogens with zero attached hydrogens (tertiary/aromatic N) is 2. The van der Waals surface area contributed by atoms with Crippen molar-refractivity contribution in [1.29, 1.82) is 0 Å². The van der Waals surface area contributed by atoms with Crippen molar-refractivity contribution in [3.05, 3.63) is 46.6 Å². The molecule has 23 heavy (non-hydrogen) atoms. The Labute approximate surface area is 141 Å². The predicted octanol–water partition coefficient (Wildman–Crippen LogP) is 3.41. The minimum absolute atomic E-state index is 0.0411. The van der Waals surface area contributed by atoms with Crippen LogP contribution in [0.4, 0.5) is 11.8 Å². The Hall–Kier alpha value is -1.85. The van der Waals surface area contributed by atoms with Gasteiger partial charge in [0, 0.05) is 29.6 Å². The summed E-state index contributed by atoms with van der Waals surface area (Å²) in [6.07, 6.45) is 2.35. The molecule has 1 heterocycles. The van der Waals surface area contributed by atoms with E-state index in [9.17, 15) is 5.11 Å². The zero-order valence-electron chi connectivity index (χ0n) is 13.1. The van der Waals surface area contributed by atoms with Crippen molar-refractivity contribution in [3.8, 4) is 0 Å². The summed E-state index contributed by atoms with van der Waals surface area (Å²) in [7, 11) is 0. The van der Waals surface area contributed by atoms with Crippen LogP contribution in [-0.4, -0.2) is 27.7 Å². The molecule has 3 N–H and O–H groups in total. The van der Waals surface area contributed by atoms with E-state index >= 15 is 0 Å². The van der Waals surface area contributed by atoms with Gasteiger partial charge in [-0.1, -0.05) is 29.8 Å². The van der Waals surface area contributed by atoms with Gasteiger partial charge in [0.1, 0.15) is 5.82 Å². The summed E-state index contributed by atoms with van der Waals surface area (Å²) in [5.74, 6) is 1.86. The van der Waals surface area contributed by atoms with E-state index in [1.54, 1.807) is 0 Å². The normalized spacial score (nSPS) is 15.3. The van der Waals surface area contributed by atoms with Crippen LogP contribution in [0.15, 0.2) is 30.3 Å². The molecule has 1 aliphatic rings. The Kier molecular flexibility index (Phi) is 4.98. The van der Waals surface area contributed by atoms with Gasteiger partial charge in [0.15, 0.2) is 0 Å². The molecule has 1 aliphatic carbocycles. The van der Waals surface area contributed by atoms with Gasteiger partial charge in [-0.05, 0) is 31.4 Å². The first kappa shape index (κ1) is 16.0. The molecular weight excluding hydrogens is 312 g/mol. The van der Waals surface area contributed by atoms with Crippen molar-refractivity contribution in [3.63, 3.8) is 0 Å². The Bertz CT molecular complexity index is 675. The smallest absolute Gasteiger partial charge is 0.225 e. The fourth-order valence-corrected chi connectivity index (χ4v) is 2.51. The average Bonchev–Trinajstić information content (AvgIpc) is 3.39. The van der Waals surface area contributed by atoms with Gasteiger partial charge in [0.25, 0.3) is 0 Å². The van der Waals surface area contributed by atoms with E-state index in [4.69, 9.17) is 11.6 Å². The van der Waals surface area contributed by atoms with Gasteiger partial charge in [-0.25, -0.2) is 4.98 Å². The van der Waals surface area contributed by atoms with Gasteiger partial charge in [-0.2, -0.15) is 4.98 Å². The SMILES string of the molecule is C[C@@H](CO)Nc1nc(NCc2ccccc2Cl)cc(C2CC2)n1. The Morgan fingerprint density at radius 3 is 2.78 bits per heavy atom. The molecule has 0 bridgehead atoms. The lowest BCUT2D eigenvalue weighted by atomic mass is 10.2. The number of rotatable bonds is 7. The van der Waals surface area contributed by atoms with E-state index in [0.717, 1.165) is 22.1 Å². The van der Waals surface area contributed by atoms with Crippen molar-refractivity contribution in [2.24, 2.45) is 0 Å². The van der Waals surface area contributed by atoms with E-state index in [-0.39, 0.29) is 12.6 Å². The van der Waals surface area contributed by atoms with Crippen LogP contribution in [0, 0.1) is 0 Å². The average molecular weight is 333 g/mol. The number of hydrogen-bond donors (Lipinski definition) is 3. The number of aromatic nitrogens is 2. The van der Waals surface area contributed by atoms with Crippen molar-refractivity contribution in [2.75, 3.05) is 17.2 Å². The molecule has 5 nitrogen and oxygen atoms in total. The largest absolute Gasteiger partial charge is 0.394 e. The number of anilines is 2. The number of halogens is 1. The van der Waals surface area contributed by atoms with Crippen molar-refractivity contribution in [2.45, 2.75) is 38.3 Å². The summed E-state index contributed by atoms with van der Waals surface area (Å²) in [5.41, 5.74) is 2.08. The highest BCUT2D eigenvalue weighted by Crippen LogP contribution is 2.40. The topological polar surface area (TPSA) is 70.1 Å². The number of aliphatic hydroxyl groups is 1. The van der Waals surface area contributed by atoms with Crippen LogP contribution in [0.3, 0.4) is 0 Å². The Morgan fingerprint density at radius 1 is 1.30 bits per heavy atom. The third kappa shape index (κ3) is 4.33. The highest BCUT2D eigenvalue weighted by molar-refractivity contribution is 6.31. The second-order valence-electron chi connectivity index (χ2n) is 5.95. The summed E-state index contributed by atoms with van der Waals surface area (Å²) >= 11 is 6.19. The molecule has 0 radical (unpaired) electrons. The minimum Gasteiger partial charge on any atom is -0.394 e. The maximum absolute atomic E-state index is 9.19. The zero-order chi connectivity index (χ0) is 16.2. The van der Waals surface area contributed by atoms with E-state index in [2.05, 4.69) is 20.6 Å². The van der Waals surface area contributed by atoms with E-state index < -0.39 is 0 Å². The van der Waals surface area contributed by atoms with E-state index in [0.29, 0.717) is 18.4 Å². The highest BCUT2D eigenvalue weighted by Gasteiger charge is 2.26. The Balaban J connectivity index is 1.76. The lowest BCUT2D eigenvalue weighted by molar-refractivity contribution is 0.281. The van der Waals surface area contributed by atoms with Crippen LogP contribution in [0.2, 0.25) is 5.02 Å². The summed E-state index contributed by atoms with van der Waals surface area (Å²) < 4.78 is 0. The molecule has 0 spiro atoms. The number of nitrogens with one attached hydrogen (secondary N) is 2. The summed E-state index contributed by atoms with van der Waals surface area (Å²) in [6.45, 7) is 2.54. The number of hydrogen-bond acceptors (Lipinski definition) is 5. The van der Waals surface area contributed by atoms with Gasteiger partial charge < -0.3 is 15.7 Å². The molecule has 0 saturated heterocycles. The van der Waals surface area contributed by atoms with Gasteiger partial charge in [-0.15, -0.1) is 0 Å². The summed E-state index contributed by atoms with van der Waals surface area (Å²) in [6, 6.07) is 9.67. The number of aliphatic hydroxyl groups excluding tert-OH is 1. The first-order chi connectivity index (χ1) is 11.2. The molecule has 122 valence electrons. The zero-order valence-corrected chi connectivity index (χ0v) is 13.8. The van der Waals surface area contributed by atoms with Gasteiger partial charge >= 0.3 is 0 Å². The molecule has 3 rings (SSSR count). The molecule has 0 amide bonds. The van der Waals surface area contributed by atoms with Crippen molar-refractivity contribution in [1.82, 2.24) is 9.97 Å². The maximum Gasteiger partial charge on any atom is 0.225 e. The summed E-state index contributed by atoms with van der Waals surface area (Å²) in [4.78, 5) is 9.05. The lowest BCUT2D eigenvalue weighted by Crippen LogP contribution is -2.21. The Morgan fingerprint density at radius 2 is 2.09 bits per heavy atom. The molecule has 1 saturated carbocycles. The van der Waals surface area contributed by atoms with Gasteiger partial charge in [0.05, 0.1) is 12.3 Å². The van der Waals surface area contributed by atoms with Crippen LogP contribution in [0.1, 0.15) is 36.9 Å². The molecular formula is C17H21ClN4O. The van der Waals surface area contributed by atoms with Crippen LogP contribution in [0.5, 0.6) is 0 Å². The first-order valence-corrected chi connectivity index (χ1v) is 8.27. The molecule has 1 fully saturated rings. The predicted molar refractivity (Wildman–Crippen MR) is 93.0 cm³/mol.